The molecule has 146 valence electrons. The van der Waals surface area contributed by atoms with Crippen molar-refractivity contribution >= 4 is 45.1 Å². The van der Waals surface area contributed by atoms with Crippen LogP contribution in [-0.2, 0) is 0 Å². The van der Waals surface area contributed by atoms with Crippen molar-refractivity contribution in [3.63, 3.8) is 0 Å². The third-order valence-corrected chi connectivity index (χ3v) is 4.59. The van der Waals surface area contributed by atoms with Gasteiger partial charge in [-0.25, -0.2) is 0 Å². The number of nitrogens with one attached hydrogen (secondary N) is 1. The average Bonchev–Trinajstić information content (AvgIpc) is 2.73. The lowest BCUT2D eigenvalue weighted by molar-refractivity contribution is 0.0997. The smallest absolute Gasteiger partial charge is 0.291 e. The fraction of sp³-hybridized carbons (Fsp3) is 0.136. The molecule has 0 saturated heterocycles. The second-order valence-corrected chi connectivity index (χ2v) is 6.87. The molecule has 2 aromatic carbocycles. The van der Waals surface area contributed by atoms with Crippen molar-refractivity contribution in [3.8, 4) is 5.75 Å². The minimum atomic E-state index is -0.536. The Labute approximate surface area is 171 Å². The number of amides is 1. The number of nitrogens with zero attached hydrogens (tertiary/aromatic N) is 1. The normalized spacial score (nSPS) is 11.0. The second kappa shape index (κ2) is 7.93. The summed E-state index contributed by atoms with van der Waals surface area (Å²) in [7, 11) is 0. The highest BCUT2D eigenvalue weighted by molar-refractivity contribution is 6.31. The largest absolute Gasteiger partial charge is 0.491 e. The molecule has 4 aromatic rings. The Balaban J connectivity index is 1.70. The third-order valence-electron chi connectivity index (χ3n) is 4.36. The highest BCUT2D eigenvalue weighted by Gasteiger charge is 2.15. The van der Waals surface area contributed by atoms with Crippen LogP contribution >= 0.6 is 11.6 Å². The lowest BCUT2D eigenvalue weighted by Crippen LogP contribution is -2.15. The summed E-state index contributed by atoms with van der Waals surface area (Å²) in [5.41, 5.74) is 1.14. The predicted octanol–water partition coefficient (Wildman–Crippen LogP) is 5.04. The Bertz CT molecular complexity index is 1280. The molecule has 4 rings (SSSR count). The van der Waals surface area contributed by atoms with Crippen molar-refractivity contribution in [2.45, 2.75) is 13.3 Å². The minimum absolute atomic E-state index is 0.0897. The number of pyridine rings is 1. The fourth-order valence-corrected chi connectivity index (χ4v) is 3.18. The van der Waals surface area contributed by atoms with E-state index in [2.05, 4.69) is 10.3 Å². The Morgan fingerprint density at radius 1 is 1.17 bits per heavy atom. The molecule has 0 aliphatic rings. The van der Waals surface area contributed by atoms with Gasteiger partial charge in [0.25, 0.3) is 5.91 Å². The predicted molar refractivity (Wildman–Crippen MR) is 113 cm³/mol. The molecule has 2 aromatic heterocycles. The molecule has 0 unspecified atom stereocenters. The molecule has 0 fully saturated rings. The standard InChI is InChI=1S/C22H17ClN2O4/c1-2-10-28-19-8-6-16(14-4-3-9-24-21(14)19)25-22(27)20-12-17(26)15-11-13(23)5-7-18(15)29-20/h3-9,11-12H,2,10H2,1H3,(H,25,27). The first kappa shape index (κ1) is 19.0. The highest BCUT2D eigenvalue weighted by Crippen LogP contribution is 2.30. The topological polar surface area (TPSA) is 81.4 Å². The van der Waals surface area contributed by atoms with Crippen LogP contribution in [0.25, 0.3) is 21.9 Å². The number of fused-ring (bicyclic) bond motifs is 2. The lowest BCUT2D eigenvalue weighted by Gasteiger charge is -2.12. The van der Waals surface area contributed by atoms with Gasteiger partial charge in [-0.1, -0.05) is 18.5 Å². The summed E-state index contributed by atoms with van der Waals surface area (Å²) < 4.78 is 11.4. The van der Waals surface area contributed by atoms with Crippen LogP contribution in [0.3, 0.4) is 0 Å². The summed E-state index contributed by atoms with van der Waals surface area (Å²) in [6.07, 6.45) is 2.54. The van der Waals surface area contributed by atoms with E-state index in [1.54, 1.807) is 36.5 Å². The van der Waals surface area contributed by atoms with E-state index in [0.29, 0.717) is 39.6 Å². The molecule has 29 heavy (non-hydrogen) atoms. The minimum Gasteiger partial charge on any atom is -0.491 e. The molecule has 1 N–H and O–H groups in total. The quantitative estimate of drug-likeness (QED) is 0.500. The van der Waals surface area contributed by atoms with E-state index in [1.165, 1.54) is 6.07 Å². The van der Waals surface area contributed by atoms with Gasteiger partial charge in [0.1, 0.15) is 16.8 Å². The molecular weight excluding hydrogens is 392 g/mol. The lowest BCUT2D eigenvalue weighted by atomic mass is 10.1. The van der Waals surface area contributed by atoms with Crippen LogP contribution < -0.4 is 15.5 Å². The number of benzene rings is 2. The van der Waals surface area contributed by atoms with Crippen molar-refractivity contribution < 1.29 is 13.9 Å². The molecule has 0 radical (unpaired) electrons. The van der Waals surface area contributed by atoms with Gasteiger partial charge in [0, 0.05) is 22.7 Å². The zero-order valence-corrected chi connectivity index (χ0v) is 16.3. The first-order valence-corrected chi connectivity index (χ1v) is 9.50. The number of hydrogen-bond acceptors (Lipinski definition) is 5. The van der Waals surface area contributed by atoms with E-state index in [9.17, 15) is 9.59 Å². The number of carbonyl (C=O) groups is 1. The second-order valence-electron chi connectivity index (χ2n) is 6.43. The molecule has 0 bridgehead atoms. The van der Waals surface area contributed by atoms with Gasteiger partial charge >= 0.3 is 0 Å². The van der Waals surface area contributed by atoms with Crippen LogP contribution in [0, 0.1) is 0 Å². The zero-order chi connectivity index (χ0) is 20.4. The van der Waals surface area contributed by atoms with Gasteiger partial charge in [-0.15, -0.1) is 0 Å². The molecule has 0 saturated carbocycles. The number of rotatable bonds is 5. The van der Waals surface area contributed by atoms with Crippen LogP contribution in [0.15, 0.2) is 63.9 Å². The molecule has 0 spiro atoms. The van der Waals surface area contributed by atoms with Gasteiger partial charge in [-0.05, 0) is 48.9 Å². The third kappa shape index (κ3) is 3.79. The van der Waals surface area contributed by atoms with Crippen LogP contribution in [-0.4, -0.2) is 17.5 Å². The molecule has 7 heteroatoms. The highest BCUT2D eigenvalue weighted by atomic mass is 35.5. The van der Waals surface area contributed by atoms with Crippen molar-refractivity contribution in [1.82, 2.24) is 4.98 Å². The van der Waals surface area contributed by atoms with E-state index >= 15 is 0 Å². The van der Waals surface area contributed by atoms with E-state index in [0.717, 1.165) is 17.9 Å². The monoisotopic (exact) mass is 408 g/mol. The van der Waals surface area contributed by atoms with Gasteiger partial charge in [0.2, 0.25) is 0 Å². The van der Waals surface area contributed by atoms with Gasteiger partial charge in [-0.3, -0.25) is 14.6 Å². The number of carbonyl (C=O) groups excluding carboxylic acids is 1. The summed E-state index contributed by atoms with van der Waals surface area (Å²) in [5, 5.41) is 4.26. The maximum atomic E-state index is 12.8. The Hall–Kier alpha value is -3.38. The van der Waals surface area contributed by atoms with E-state index < -0.39 is 5.91 Å². The SMILES string of the molecule is CCCOc1ccc(NC(=O)c2cc(=O)c3cc(Cl)ccc3o2)c2cccnc12. The number of aromatic nitrogens is 1. The van der Waals surface area contributed by atoms with Gasteiger partial charge in [0.15, 0.2) is 11.2 Å². The molecule has 0 atom stereocenters. The van der Waals surface area contributed by atoms with Gasteiger partial charge in [0.05, 0.1) is 17.7 Å². The summed E-state index contributed by atoms with van der Waals surface area (Å²) in [6, 6.07) is 13.0. The summed E-state index contributed by atoms with van der Waals surface area (Å²) in [5.74, 6) is 0.0223. The van der Waals surface area contributed by atoms with E-state index in [1.807, 2.05) is 13.0 Å². The Morgan fingerprint density at radius 3 is 2.86 bits per heavy atom. The number of ether oxygens (including phenoxy) is 1. The molecule has 6 nitrogen and oxygen atoms in total. The van der Waals surface area contributed by atoms with Crippen molar-refractivity contribution in [2.24, 2.45) is 0 Å². The van der Waals surface area contributed by atoms with Gasteiger partial charge < -0.3 is 14.5 Å². The molecule has 0 aliphatic heterocycles. The van der Waals surface area contributed by atoms with E-state index in [4.69, 9.17) is 20.8 Å². The maximum absolute atomic E-state index is 12.8. The van der Waals surface area contributed by atoms with Crippen LogP contribution in [0.5, 0.6) is 5.75 Å². The van der Waals surface area contributed by atoms with Crippen LogP contribution in [0.2, 0.25) is 5.02 Å². The molecule has 1 amide bonds. The summed E-state index contributed by atoms with van der Waals surface area (Å²) in [6.45, 7) is 2.60. The van der Waals surface area contributed by atoms with Crippen LogP contribution in [0.1, 0.15) is 23.9 Å². The molecule has 0 aliphatic carbocycles. The molecule has 2 heterocycles. The fourth-order valence-electron chi connectivity index (χ4n) is 3.01. The van der Waals surface area contributed by atoms with Crippen molar-refractivity contribution in [2.75, 3.05) is 11.9 Å². The molecular formula is C22H17ClN2O4. The number of hydrogen-bond donors (Lipinski definition) is 1. The Morgan fingerprint density at radius 2 is 2.03 bits per heavy atom. The van der Waals surface area contributed by atoms with Crippen LogP contribution in [0.4, 0.5) is 5.69 Å². The Kier molecular flexibility index (Phi) is 5.18. The average molecular weight is 409 g/mol. The summed E-state index contributed by atoms with van der Waals surface area (Å²) >= 11 is 5.92. The first-order chi connectivity index (χ1) is 14.1. The van der Waals surface area contributed by atoms with Crippen molar-refractivity contribution in [1.29, 1.82) is 0 Å². The maximum Gasteiger partial charge on any atom is 0.291 e. The zero-order valence-electron chi connectivity index (χ0n) is 15.6. The summed E-state index contributed by atoms with van der Waals surface area (Å²) in [4.78, 5) is 29.5. The van der Waals surface area contributed by atoms with Gasteiger partial charge in [-0.2, -0.15) is 0 Å². The van der Waals surface area contributed by atoms with E-state index in [-0.39, 0.29) is 11.2 Å². The van der Waals surface area contributed by atoms with Crippen molar-refractivity contribution in [3.05, 3.63) is 75.7 Å². The number of anilines is 1. The number of halogens is 1. The first-order valence-electron chi connectivity index (χ1n) is 9.12.